The minimum absolute atomic E-state index is 0.0472. The number of hydrogen-bond donors (Lipinski definition) is 2. The third kappa shape index (κ3) is 6.07. The number of aromatic nitrogens is 3. The highest BCUT2D eigenvalue weighted by molar-refractivity contribution is 7.89. The van der Waals surface area contributed by atoms with E-state index >= 15 is 0 Å². The maximum atomic E-state index is 13.4. The molecule has 0 bridgehead atoms. The molecule has 0 amide bonds. The molecule has 232 valence electrons. The summed E-state index contributed by atoms with van der Waals surface area (Å²) in [6, 6.07) is 36.2. The monoisotopic (exact) mass is 630 g/mol. The van der Waals surface area contributed by atoms with Crippen molar-refractivity contribution < 1.29 is 18.3 Å². The fraction of sp³-hybridized carbons (Fsp3) is 0.162. The number of hydrogen-bond acceptors (Lipinski definition) is 5. The van der Waals surface area contributed by atoms with E-state index in [1.165, 1.54) is 6.07 Å². The Morgan fingerprint density at radius 1 is 0.848 bits per heavy atom. The molecule has 0 aliphatic carbocycles. The van der Waals surface area contributed by atoms with Gasteiger partial charge in [0.25, 0.3) is 0 Å². The number of carbonyl (C=O) groups is 1. The molecule has 0 aliphatic rings. The zero-order valence-electron chi connectivity index (χ0n) is 25.3. The molecule has 0 radical (unpaired) electrons. The van der Waals surface area contributed by atoms with Crippen LogP contribution in [0.15, 0.2) is 139 Å². The molecule has 0 aliphatic heterocycles. The summed E-state index contributed by atoms with van der Waals surface area (Å²) in [7, 11) is -4.16. The number of benzene rings is 4. The molecule has 0 fully saturated rings. The van der Waals surface area contributed by atoms with Crippen LogP contribution in [0.25, 0.3) is 10.9 Å². The molecule has 1 atom stereocenters. The SMILES string of the molecule is Cc1cnc2c(S(=O)(=O)NC(CCCc3cn(C(c4ccccc4)(c4ccccc4)c4ccccc4)cn3)C(=O)O)cccc2c1. The fourth-order valence-corrected chi connectivity index (χ4v) is 7.49. The van der Waals surface area contributed by atoms with Crippen LogP contribution in [0.3, 0.4) is 0 Å². The van der Waals surface area contributed by atoms with E-state index in [2.05, 4.69) is 50.7 Å². The highest BCUT2D eigenvalue weighted by Crippen LogP contribution is 2.40. The minimum Gasteiger partial charge on any atom is -0.480 e. The number of sulfonamides is 1. The van der Waals surface area contributed by atoms with Gasteiger partial charge in [0.05, 0.1) is 17.5 Å². The second kappa shape index (κ2) is 13.1. The van der Waals surface area contributed by atoms with E-state index in [-0.39, 0.29) is 11.3 Å². The third-order valence-corrected chi connectivity index (χ3v) is 9.72. The van der Waals surface area contributed by atoms with Crippen LogP contribution < -0.4 is 4.72 Å². The number of imidazole rings is 1. The lowest BCUT2D eigenvalue weighted by atomic mass is 9.77. The van der Waals surface area contributed by atoms with Gasteiger partial charge >= 0.3 is 5.97 Å². The predicted molar refractivity (Wildman–Crippen MR) is 178 cm³/mol. The van der Waals surface area contributed by atoms with Gasteiger partial charge in [0, 0.05) is 17.8 Å². The molecular weight excluding hydrogens is 596 g/mol. The molecule has 0 saturated heterocycles. The predicted octanol–water partition coefficient (Wildman–Crippen LogP) is 6.33. The van der Waals surface area contributed by atoms with Gasteiger partial charge in [-0.2, -0.15) is 4.72 Å². The van der Waals surface area contributed by atoms with Gasteiger partial charge in [0.15, 0.2) is 0 Å². The number of rotatable bonds is 12. The number of nitrogens with zero attached hydrogens (tertiary/aromatic N) is 3. The molecule has 2 aromatic heterocycles. The van der Waals surface area contributed by atoms with Crippen LogP contribution in [-0.2, 0) is 26.8 Å². The lowest BCUT2D eigenvalue weighted by molar-refractivity contribution is -0.139. The smallest absolute Gasteiger partial charge is 0.321 e. The second-order valence-corrected chi connectivity index (χ2v) is 13.0. The summed E-state index contributed by atoms with van der Waals surface area (Å²) in [5.41, 5.74) is 4.45. The quantitative estimate of drug-likeness (QED) is 0.153. The van der Waals surface area contributed by atoms with Crippen molar-refractivity contribution in [2.45, 2.75) is 42.7 Å². The van der Waals surface area contributed by atoms with Gasteiger partial charge in [0.2, 0.25) is 10.0 Å². The second-order valence-electron chi connectivity index (χ2n) is 11.3. The molecule has 0 spiro atoms. The minimum atomic E-state index is -4.16. The summed E-state index contributed by atoms with van der Waals surface area (Å²) < 4.78 is 31.2. The van der Waals surface area contributed by atoms with E-state index in [4.69, 9.17) is 4.98 Å². The van der Waals surface area contributed by atoms with E-state index < -0.39 is 27.6 Å². The lowest BCUT2D eigenvalue weighted by Crippen LogP contribution is -2.40. The average molecular weight is 631 g/mol. The molecule has 46 heavy (non-hydrogen) atoms. The van der Waals surface area contributed by atoms with Crippen LogP contribution in [0.2, 0.25) is 0 Å². The molecule has 0 saturated carbocycles. The van der Waals surface area contributed by atoms with Crippen molar-refractivity contribution in [3.05, 3.63) is 162 Å². The number of carboxylic acid groups (broad SMARTS) is 1. The zero-order chi connectivity index (χ0) is 32.1. The number of carboxylic acids is 1. The van der Waals surface area contributed by atoms with Crippen molar-refractivity contribution >= 4 is 26.9 Å². The van der Waals surface area contributed by atoms with E-state index in [9.17, 15) is 18.3 Å². The van der Waals surface area contributed by atoms with Gasteiger partial charge in [-0.05, 0) is 60.6 Å². The number of fused-ring (bicyclic) bond motifs is 1. The Morgan fingerprint density at radius 3 is 2.00 bits per heavy atom. The highest BCUT2D eigenvalue weighted by Gasteiger charge is 2.38. The maximum absolute atomic E-state index is 13.4. The normalized spacial score (nSPS) is 12.6. The Hall–Kier alpha value is -5.12. The van der Waals surface area contributed by atoms with Crippen molar-refractivity contribution in [2.75, 3.05) is 0 Å². The Labute approximate surface area is 268 Å². The molecule has 2 N–H and O–H groups in total. The molecule has 6 aromatic rings. The van der Waals surface area contributed by atoms with Crippen molar-refractivity contribution in [3.63, 3.8) is 0 Å². The number of aliphatic carboxylic acids is 1. The fourth-order valence-electron chi connectivity index (χ4n) is 6.09. The van der Waals surface area contributed by atoms with Crippen LogP contribution in [0.1, 0.15) is 40.8 Å². The first kappa shape index (κ1) is 30.9. The summed E-state index contributed by atoms with van der Waals surface area (Å²) in [6.45, 7) is 1.88. The molecule has 4 aromatic carbocycles. The van der Waals surface area contributed by atoms with Crippen LogP contribution in [0.4, 0.5) is 0 Å². The summed E-state index contributed by atoms with van der Waals surface area (Å²) in [4.78, 5) is 21.2. The Balaban J connectivity index is 1.26. The summed E-state index contributed by atoms with van der Waals surface area (Å²) >= 11 is 0. The van der Waals surface area contributed by atoms with E-state index in [1.54, 1.807) is 18.3 Å². The van der Waals surface area contributed by atoms with Crippen LogP contribution in [-0.4, -0.2) is 40.1 Å². The molecule has 9 heteroatoms. The standard InChI is InChI=1S/C37H34N4O4S/c1-27-23-28-13-11-22-34(35(28)38-24-27)46(44,45)40-33(36(42)43)21-12-20-32-25-41(26-39-32)37(29-14-5-2-6-15-29,30-16-7-3-8-17-30)31-18-9-4-10-19-31/h2-11,13-19,22-26,33,40H,12,20-21H2,1H3,(H,42,43). The van der Waals surface area contributed by atoms with Gasteiger partial charge in [-0.3, -0.25) is 9.78 Å². The molecule has 6 rings (SSSR count). The van der Waals surface area contributed by atoms with Crippen LogP contribution >= 0.6 is 0 Å². The first-order chi connectivity index (χ1) is 22.3. The first-order valence-corrected chi connectivity index (χ1v) is 16.6. The number of para-hydroxylation sites is 1. The Bertz CT molecular complexity index is 1970. The molecule has 1 unspecified atom stereocenters. The molecule has 2 heterocycles. The van der Waals surface area contributed by atoms with E-state index in [0.717, 1.165) is 27.9 Å². The molecular formula is C37H34N4O4S. The van der Waals surface area contributed by atoms with Gasteiger partial charge < -0.3 is 9.67 Å². The van der Waals surface area contributed by atoms with Crippen LogP contribution in [0, 0.1) is 6.92 Å². The summed E-state index contributed by atoms with van der Waals surface area (Å²) in [6.07, 6.45) is 6.35. The van der Waals surface area contributed by atoms with Crippen molar-refractivity contribution in [3.8, 4) is 0 Å². The van der Waals surface area contributed by atoms with Gasteiger partial charge in [-0.1, -0.05) is 103 Å². The number of pyridine rings is 1. The Kier molecular flexibility index (Phi) is 8.78. The molecule has 8 nitrogen and oxygen atoms in total. The zero-order valence-corrected chi connectivity index (χ0v) is 26.1. The van der Waals surface area contributed by atoms with Gasteiger partial charge in [-0.25, -0.2) is 13.4 Å². The van der Waals surface area contributed by atoms with Crippen LogP contribution in [0.5, 0.6) is 0 Å². The van der Waals surface area contributed by atoms with Gasteiger partial charge in [-0.15, -0.1) is 0 Å². The van der Waals surface area contributed by atoms with E-state index in [1.807, 2.05) is 80.1 Å². The number of aryl methyl sites for hydroxylation is 2. The average Bonchev–Trinajstić information content (AvgIpc) is 3.54. The number of nitrogens with one attached hydrogen (secondary N) is 1. The highest BCUT2D eigenvalue weighted by atomic mass is 32.2. The third-order valence-electron chi connectivity index (χ3n) is 8.22. The summed E-state index contributed by atoms with van der Waals surface area (Å²) in [5, 5.41) is 10.6. The summed E-state index contributed by atoms with van der Waals surface area (Å²) in [5.74, 6) is -1.24. The van der Waals surface area contributed by atoms with Gasteiger partial charge in [0.1, 0.15) is 16.5 Å². The largest absolute Gasteiger partial charge is 0.480 e. The van der Waals surface area contributed by atoms with E-state index in [0.29, 0.717) is 23.7 Å². The topological polar surface area (TPSA) is 114 Å². The van der Waals surface area contributed by atoms with Crippen molar-refractivity contribution in [1.82, 2.24) is 19.3 Å². The lowest BCUT2D eigenvalue weighted by Gasteiger charge is -2.37. The Morgan fingerprint density at radius 2 is 1.43 bits per heavy atom. The van der Waals surface area contributed by atoms with Crippen molar-refractivity contribution in [2.24, 2.45) is 0 Å². The first-order valence-electron chi connectivity index (χ1n) is 15.1. The van der Waals surface area contributed by atoms with Crippen molar-refractivity contribution in [1.29, 1.82) is 0 Å². The maximum Gasteiger partial charge on any atom is 0.321 e.